The van der Waals surface area contributed by atoms with Crippen LogP contribution in [0.1, 0.15) is 17.6 Å². The fourth-order valence-corrected chi connectivity index (χ4v) is 2.55. The fraction of sp³-hybridized carbons (Fsp3) is 0.429. The highest BCUT2D eigenvalue weighted by Crippen LogP contribution is 2.09. The molecule has 2 N–H and O–H groups in total. The molecule has 2 aromatic rings. The highest BCUT2D eigenvalue weighted by molar-refractivity contribution is 14.0. The summed E-state index contributed by atoms with van der Waals surface area (Å²) in [5.74, 6) is 0.809. The second kappa shape index (κ2) is 9.78. The Labute approximate surface area is 146 Å². The molecule has 2 heterocycles. The van der Waals surface area contributed by atoms with Crippen LogP contribution in [0.4, 0.5) is 0 Å². The molecule has 5 nitrogen and oxygen atoms in total. The summed E-state index contributed by atoms with van der Waals surface area (Å²) in [5, 5.41) is 9.84. The third-order valence-corrected chi connectivity index (χ3v) is 3.93. The first-order chi connectivity index (χ1) is 9.81. The molecule has 0 saturated heterocycles. The standard InChI is InChI=1S/C14H21N5S.HI/c1-3-13-18-12(11-20-13)10-17-14(15-2)16-6-9-19-7-4-5-8-19;/h4-5,7-8,11H,3,6,9-10H2,1-2H3,(H2,15,16,17);1H. The van der Waals surface area contributed by atoms with Gasteiger partial charge >= 0.3 is 0 Å². The SMILES string of the molecule is CCc1nc(CNC(=NC)NCCn2cccc2)cs1.I. The Bertz CT molecular complexity index is 535. The molecule has 0 radical (unpaired) electrons. The number of hydrogen-bond donors (Lipinski definition) is 2. The van der Waals surface area contributed by atoms with Crippen LogP contribution < -0.4 is 10.6 Å². The normalized spacial score (nSPS) is 11.0. The van der Waals surface area contributed by atoms with Crippen LogP contribution in [0.5, 0.6) is 0 Å². The van der Waals surface area contributed by atoms with Gasteiger partial charge in [0.15, 0.2) is 5.96 Å². The van der Waals surface area contributed by atoms with E-state index in [1.54, 1.807) is 18.4 Å². The molecule has 2 aromatic heterocycles. The maximum Gasteiger partial charge on any atom is 0.191 e. The van der Waals surface area contributed by atoms with Gasteiger partial charge in [-0.1, -0.05) is 6.92 Å². The van der Waals surface area contributed by atoms with Crippen molar-refractivity contribution < 1.29 is 0 Å². The van der Waals surface area contributed by atoms with Gasteiger partial charge in [-0.05, 0) is 18.6 Å². The number of rotatable bonds is 6. The summed E-state index contributed by atoms with van der Waals surface area (Å²) in [6.45, 7) is 4.59. The Morgan fingerprint density at radius 1 is 1.33 bits per heavy atom. The van der Waals surface area contributed by atoms with Crippen LogP contribution in [0.2, 0.25) is 0 Å². The predicted octanol–water partition coefficient (Wildman–Crippen LogP) is 2.49. The van der Waals surface area contributed by atoms with Gasteiger partial charge in [-0.25, -0.2) is 4.98 Å². The molecule has 0 aromatic carbocycles. The summed E-state index contributed by atoms with van der Waals surface area (Å²) in [4.78, 5) is 8.73. The van der Waals surface area contributed by atoms with E-state index in [2.05, 4.69) is 49.9 Å². The van der Waals surface area contributed by atoms with Crippen LogP contribution in [0, 0.1) is 0 Å². The lowest BCUT2D eigenvalue weighted by Crippen LogP contribution is -2.38. The topological polar surface area (TPSA) is 54.2 Å². The lowest BCUT2D eigenvalue weighted by atomic mass is 10.4. The Kier molecular flexibility index (Phi) is 8.36. The second-order valence-corrected chi connectivity index (χ2v) is 5.30. The van der Waals surface area contributed by atoms with E-state index in [0.29, 0.717) is 6.54 Å². The molecule has 0 aliphatic heterocycles. The first-order valence-corrected chi connectivity index (χ1v) is 7.68. The predicted molar refractivity (Wildman–Crippen MR) is 99.5 cm³/mol. The molecule has 0 spiro atoms. The summed E-state index contributed by atoms with van der Waals surface area (Å²) in [5.41, 5.74) is 1.07. The van der Waals surface area contributed by atoms with E-state index in [9.17, 15) is 0 Å². The Hall–Kier alpha value is -1.09. The number of guanidine groups is 1. The van der Waals surface area contributed by atoms with Crippen molar-refractivity contribution in [2.75, 3.05) is 13.6 Å². The number of halogens is 1. The smallest absolute Gasteiger partial charge is 0.191 e. The molecule has 0 amide bonds. The minimum Gasteiger partial charge on any atom is -0.355 e. The van der Waals surface area contributed by atoms with Gasteiger partial charge in [-0.15, -0.1) is 35.3 Å². The molecule has 0 atom stereocenters. The molecule has 2 rings (SSSR count). The maximum absolute atomic E-state index is 4.53. The highest BCUT2D eigenvalue weighted by Gasteiger charge is 2.02. The van der Waals surface area contributed by atoms with Gasteiger partial charge in [0.1, 0.15) is 0 Å². The zero-order chi connectivity index (χ0) is 14.2. The van der Waals surface area contributed by atoms with Crippen molar-refractivity contribution in [2.24, 2.45) is 4.99 Å². The van der Waals surface area contributed by atoms with E-state index in [0.717, 1.165) is 31.2 Å². The molecule has 0 aliphatic rings. The van der Waals surface area contributed by atoms with E-state index in [4.69, 9.17) is 0 Å². The maximum atomic E-state index is 4.53. The zero-order valence-corrected chi connectivity index (χ0v) is 15.5. The van der Waals surface area contributed by atoms with Crippen LogP contribution in [0.15, 0.2) is 34.9 Å². The van der Waals surface area contributed by atoms with Crippen molar-refractivity contribution in [3.63, 3.8) is 0 Å². The van der Waals surface area contributed by atoms with Crippen molar-refractivity contribution in [3.8, 4) is 0 Å². The second-order valence-electron chi connectivity index (χ2n) is 4.36. The van der Waals surface area contributed by atoms with Crippen molar-refractivity contribution in [1.82, 2.24) is 20.2 Å². The first kappa shape index (κ1) is 18.0. The van der Waals surface area contributed by atoms with Crippen LogP contribution in [0.25, 0.3) is 0 Å². The molecule has 0 fully saturated rings. The zero-order valence-electron chi connectivity index (χ0n) is 12.4. The molecule has 0 unspecified atom stereocenters. The summed E-state index contributed by atoms with van der Waals surface area (Å²) in [7, 11) is 1.78. The Balaban J connectivity index is 0.00000220. The molecular weight excluding hydrogens is 397 g/mol. The van der Waals surface area contributed by atoms with Crippen LogP contribution in [0.3, 0.4) is 0 Å². The molecule has 0 saturated carbocycles. The van der Waals surface area contributed by atoms with Crippen molar-refractivity contribution in [3.05, 3.63) is 40.6 Å². The van der Waals surface area contributed by atoms with E-state index in [1.807, 2.05) is 12.1 Å². The van der Waals surface area contributed by atoms with Crippen LogP contribution in [-0.2, 0) is 19.5 Å². The van der Waals surface area contributed by atoms with Gasteiger partial charge in [-0.2, -0.15) is 0 Å². The van der Waals surface area contributed by atoms with Crippen molar-refractivity contribution >= 4 is 41.3 Å². The number of aryl methyl sites for hydroxylation is 1. The van der Waals surface area contributed by atoms with E-state index in [1.165, 1.54) is 5.01 Å². The van der Waals surface area contributed by atoms with Gasteiger partial charge in [0.2, 0.25) is 0 Å². The Morgan fingerprint density at radius 3 is 2.71 bits per heavy atom. The monoisotopic (exact) mass is 419 g/mol. The van der Waals surface area contributed by atoms with Gasteiger partial charge in [0.05, 0.1) is 17.2 Å². The number of aromatic nitrogens is 2. The number of nitrogens with one attached hydrogen (secondary N) is 2. The van der Waals surface area contributed by atoms with Crippen molar-refractivity contribution in [2.45, 2.75) is 26.4 Å². The van der Waals surface area contributed by atoms with Crippen LogP contribution in [-0.4, -0.2) is 29.1 Å². The molecule has 116 valence electrons. The number of aliphatic imine (C=N–C) groups is 1. The summed E-state index contributed by atoms with van der Waals surface area (Å²) >= 11 is 1.71. The van der Waals surface area contributed by atoms with Gasteiger partial charge < -0.3 is 15.2 Å². The molecule has 21 heavy (non-hydrogen) atoms. The van der Waals surface area contributed by atoms with E-state index < -0.39 is 0 Å². The average molecular weight is 419 g/mol. The van der Waals surface area contributed by atoms with Crippen LogP contribution >= 0.6 is 35.3 Å². The summed E-state index contributed by atoms with van der Waals surface area (Å²) < 4.78 is 2.13. The third-order valence-electron chi connectivity index (χ3n) is 2.89. The quantitative estimate of drug-likeness (QED) is 0.430. The minimum absolute atomic E-state index is 0. The van der Waals surface area contributed by atoms with E-state index >= 15 is 0 Å². The molecular formula is C14H22IN5S. The Morgan fingerprint density at radius 2 is 2.10 bits per heavy atom. The summed E-state index contributed by atoms with van der Waals surface area (Å²) in [6.07, 6.45) is 5.10. The van der Waals surface area contributed by atoms with Gasteiger partial charge in [0.25, 0.3) is 0 Å². The number of hydrogen-bond acceptors (Lipinski definition) is 3. The first-order valence-electron chi connectivity index (χ1n) is 6.80. The lowest BCUT2D eigenvalue weighted by molar-refractivity contribution is 0.664. The number of nitrogens with zero attached hydrogens (tertiary/aromatic N) is 3. The third kappa shape index (κ3) is 6.04. The summed E-state index contributed by atoms with van der Waals surface area (Å²) in [6, 6.07) is 4.06. The lowest BCUT2D eigenvalue weighted by Gasteiger charge is -2.11. The van der Waals surface area contributed by atoms with Crippen molar-refractivity contribution in [1.29, 1.82) is 0 Å². The average Bonchev–Trinajstić information content (AvgIpc) is 3.13. The minimum atomic E-state index is 0. The molecule has 0 bridgehead atoms. The number of thiazole rings is 1. The molecule has 0 aliphatic carbocycles. The fourth-order valence-electron chi connectivity index (χ4n) is 1.81. The largest absolute Gasteiger partial charge is 0.355 e. The highest BCUT2D eigenvalue weighted by atomic mass is 127. The molecule has 7 heteroatoms. The van der Waals surface area contributed by atoms with Gasteiger partial charge in [0, 0.05) is 37.9 Å². The van der Waals surface area contributed by atoms with Gasteiger partial charge in [-0.3, -0.25) is 4.99 Å². The van der Waals surface area contributed by atoms with E-state index in [-0.39, 0.29) is 24.0 Å².